The summed E-state index contributed by atoms with van der Waals surface area (Å²) in [5, 5.41) is 12.1. The van der Waals surface area contributed by atoms with Crippen molar-refractivity contribution >= 4 is 80.8 Å². The van der Waals surface area contributed by atoms with E-state index in [2.05, 4.69) is 22.3 Å². The van der Waals surface area contributed by atoms with Crippen LogP contribution in [0.5, 0.6) is 0 Å². The molecule has 0 bridgehead atoms. The van der Waals surface area contributed by atoms with Crippen molar-refractivity contribution in [2.24, 2.45) is 0 Å². The van der Waals surface area contributed by atoms with E-state index < -0.39 is 0 Å². The maximum absolute atomic E-state index is 6.31. The van der Waals surface area contributed by atoms with Crippen LogP contribution in [-0.2, 0) is 11.5 Å². The quantitative estimate of drug-likeness (QED) is 0.241. The Bertz CT molecular complexity index is 1220. The minimum absolute atomic E-state index is 0.632. The first kappa shape index (κ1) is 22.1. The van der Waals surface area contributed by atoms with Crippen molar-refractivity contribution in [3.8, 4) is 0 Å². The minimum atomic E-state index is 0.632. The van der Waals surface area contributed by atoms with Crippen molar-refractivity contribution in [1.82, 2.24) is 10.2 Å². The summed E-state index contributed by atoms with van der Waals surface area (Å²) in [6.07, 6.45) is 1.79. The predicted octanol–water partition coefficient (Wildman–Crippen LogP) is 8.83. The fraction of sp³-hybridized carbons (Fsp3) is 0.0909. The van der Waals surface area contributed by atoms with Crippen LogP contribution in [0, 0.1) is 0 Å². The van der Waals surface area contributed by atoms with E-state index in [-0.39, 0.29) is 0 Å². The van der Waals surface area contributed by atoms with Crippen LogP contribution >= 0.6 is 69.9 Å². The van der Waals surface area contributed by atoms with E-state index in [0.29, 0.717) is 25.8 Å². The van der Waals surface area contributed by atoms with Gasteiger partial charge in [0.15, 0.2) is 0 Å². The van der Waals surface area contributed by atoms with Gasteiger partial charge in [-0.05, 0) is 53.6 Å². The lowest BCUT2D eigenvalue weighted by Gasteiger charge is -2.09. The summed E-state index contributed by atoms with van der Waals surface area (Å²) in [6, 6.07) is 17.3. The first-order valence-corrected chi connectivity index (χ1v) is 12.4. The van der Waals surface area contributed by atoms with Crippen LogP contribution < -0.4 is 0 Å². The summed E-state index contributed by atoms with van der Waals surface area (Å²) in [5.41, 5.74) is 2.93. The monoisotopic (exact) mass is 510 g/mol. The van der Waals surface area contributed by atoms with Gasteiger partial charge in [-0.15, -0.1) is 23.5 Å². The number of aromatic nitrogens is 2. The lowest BCUT2D eigenvalue weighted by atomic mass is 10.2. The molecule has 0 amide bonds. The Hall–Kier alpha value is -1.14. The molecule has 0 N–H and O–H groups in total. The highest BCUT2D eigenvalue weighted by Crippen LogP contribution is 2.35. The highest BCUT2D eigenvalue weighted by molar-refractivity contribution is 7.99. The third-order valence-corrected chi connectivity index (χ3v) is 7.69. The third-order valence-electron chi connectivity index (χ3n) is 4.38. The molecule has 0 fully saturated rings. The standard InChI is InChI=1S/C22H14Cl4N2S2/c23-15-3-1-13(19(25)7-15)11-29-17-5-6-21-18(9-17)22(10-27-28-21)30-12-14-2-4-16(24)8-20(14)26/h1-10H,11-12H2. The summed E-state index contributed by atoms with van der Waals surface area (Å²) in [6.45, 7) is 0. The first-order valence-electron chi connectivity index (χ1n) is 8.88. The summed E-state index contributed by atoms with van der Waals surface area (Å²) < 4.78 is 0. The molecule has 30 heavy (non-hydrogen) atoms. The normalized spacial score (nSPS) is 11.2. The summed E-state index contributed by atoms with van der Waals surface area (Å²) in [7, 11) is 0. The molecule has 0 aliphatic rings. The maximum atomic E-state index is 6.31. The third kappa shape index (κ3) is 5.37. The van der Waals surface area contributed by atoms with Crippen LogP contribution in [0.15, 0.2) is 70.6 Å². The smallest absolute Gasteiger partial charge is 0.0941 e. The number of thioether (sulfide) groups is 2. The number of benzene rings is 3. The highest BCUT2D eigenvalue weighted by atomic mass is 35.5. The Labute approximate surface area is 203 Å². The van der Waals surface area contributed by atoms with Crippen molar-refractivity contribution in [2.45, 2.75) is 21.3 Å². The zero-order valence-corrected chi connectivity index (χ0v) is 20.1. The Morgan fingerprint density at radius 1 is 0.700 bits per heavy atom. The van der Waals surface area contributed by atoms with Gasteiger partial charge < -0.3 is 0 Å². The first-order chi connectivity index (χ1) is 14.5. The van der Waals surface area contributed by atoms with Gasteiger partial charge in [0.1, 0.15) is 0 Å². The van der Waals surface area contributed by atoms with Crippen LogP contribution in [0.25, 0.3) is 10.9 Å². The molecule has 0 unspecified atom stereocenters. The second-order valence-electron chi connectivity index (χ2n) is 6.44. The van der Waals surface area contributed by atoms with Gasteiger partial charge in [0, 0.05) is 46.8 Å². The van der Waals surface area contributed by atoms with Crippen molar-refractivity contribution in [2.75, 3.05) is 0 Å². The Morgan fingerprint density at radius 3 is 1.97 bits per heavy atom. The van der Waals surface area contributed by atoms with Crippen LogP contribution in [-0.4, -0.2) is 10.2 Å². The molecule has 1 aromatic heterocycles. The summed E-state index contributed by atoms with van der Waals surface area (Å²) >= 11 is 28.0. The van der Waals surface area contributed by atoms with Gasteiger partial charge in [-0.2, -0.15) is 10.2 Å². The summed E-state index contributed by atoms with van der Waals surface area (Å²) in [4.78, 5) is 2.19. The van der Waals surface area contributed by atoms with Gasteiger partial charge in [0.25, 0.3) is 0 Å². The number of halogens is 4. The van der Waals surface area contributed by atoms with Gasteiger partial charge in [0.2, 0.25) is 0 Å². The molecule has 0 radical (unpaired) electrons. The van der Waals surface area contributed by atoms with E-state index >= 15 is 0 Å². The van der Waals surface area contributed by atoms with Crippen LogP contribution in [0.2, 0.25) is 20.1 Å². The van der Waals surface area contributed by atoms with E-state index in [1.54, 1.807) is 41.9 Å². The second-order valence-corrected chi connectivity index (χ2v) is 10.2. The lowest BCUT2D eigenvalue weighted by molar-refractivity contribution is 1.04. The van der Waals surface area contributed by atoms with E-state index in [0.717, 1.165) is 37.6 Å². The zero-order valence-electron chi connectivity index (χ0n) is 15.4. The molecule has 152 valence electrons. The number of hydrogen-bond acceptors (Lipinski definition) is 4. The maximum Gasteiger partial charge on any atom is 0.0941 e. The minimum Gasteiger partial charge on any atom is -0.157 e. The molecule has 0 aliphatic carbocycles. The molecule has 0 spiro atoms. The van der Waals surface area contributed by atoms with Gasteiger partial charge in [-0.3, -0.25) is 0 Å². The Balaban J connectivity index is 1.54. The van der Waals surface area contributed by atoms with Crippen LogP contribution in [0.4, 0.5) is 0 Å². The van der Waals surface area contributed by atoms with Crippen molar-refractivity contribution in [3.63, 3.8) is 0 Å². The van der Waals surface area contributed by atoms with Gasteiger partial charge >= 0.3 is 0 Å². The lowest BCUT2D eigenvalue weighted by Crippen LogP contribution is -1.89. The molecule has 3 aromatic carbocycles. The van der Waals surface area contributed by atoms with E-state index in [4.69, 9.17) is 46.4 Å². The van der Waals surface area contributed by atoms with Crippen molar-refractivity contribution in [3.05, 3.63) is 92.0 Å². The number of fused-ring (bicyclic) bond motifs is 1. The molecule has 0 saturated heterocycles. The van der Waals surface area contributed by atoms with Crippen LogP contribution in [0.3, 0.4) is 0 Å². The van der Waals surface area contributed by atoms with E-state index in [9.17, 15) is 0 Å². The molecule has 4 aromatic rings. The average Bonchev–Trinajstić information content (AvgIpc) is 2.72. The zero-order chi connectivity index (χ0) is 21.1. The number of hydrogen-bond donors (Lipinski definition) is 0. The molecule has 1 heterocycles. The Kier molecular flexibility index (Phi) is 7.35. The number of rotatable bonds is 6. The Morgan fingerprint density at radius 2 is 1.33 bits per heavy atom. The second kappa shape index (κ2) is 9.99. The largest absolute Gasteiger partial charge is 0.157 e. The summed E-state index contributed by atoms with van der Waals surface area (Å²) in [5.74, 6) is 1.47. The van der Waals surface area contributed by atoms with E-state index in [1.165, 1.54) is 0 Å². The van der Waals surface area contributed by atoms with Crippen molar-refractivity contribution in [1.29, 1.82) is 0 Å². The van der Waals surface area contributed by atoms with Crippen molar-refractivity contribution < 1.29 is 0 Å². The van der Waals surface area contributed by atoms with Gasteiger partial charge in [-0.1, -0.05) is 58.5 Å². The fourth-order valence-corrected chi connectivity index (χ4v) is 5.86. The molecule has 0 aliphatic heterocycles. The molecule has 2 nitrogen and oxygen atoms in total. The average molecular weight is 512 g/mol. The molecule has 8 heteroatoms. The predicted molar refractivity (Wildman–Crippen MR) is 132 cm³/mol. The molecule has 4 rings (SSSR count). The van der Waals surface area contributed by atoms with Gasteiger partial charge in [-0.25, -0.2) is 0 Å². The molecular formula is C22H14Cl4N2S2. The SMILES string of the molecule is Clc1ccc(CSc2ccc3nncc(SCc4ccc(Cl)cc4Cl)c3c2)c(Cl)c1. The molecule has 0 saturated carbocycles. The van der Waals surface area contributed by atoms with Gasteiger partial charge in [0.05, 0.1) is 11.7 Å². The molecule has 0 atom stereocenters. The topological polar surface area (TPSA) is 25.8 Å². The molecular weight excluding hydrogens is 498 g/mol. The number of nitrogens with zero attached hydrogens (tertiary/aromatic N) is 2. The van der Waals surface area contributed by atoms with E-state index in [1.807, 2.05) is 30.3 Å². The van der Waals surface area contributed by atoms with Crippen LogP contribution in [0.1, 0.15) is 11.1 Å². The highest BCUT2D eigenvalue weighted by Gasteiger charge is 2.09. The fourth-order valence-electron chi connectivity index (χ4n) is 2.81.